The van der Waals surface area contributed by atoms with Crippen LogP contribution >= 0.6 is 11.6 Å². The van der Waals surface area contributed by atoms with Crippen molar-refractivity contribution in [2.45, 2.75) is 45.6 Å². The lowest BCUT2D eigenvalue weighted by Gasteiger charge is -2.18. The van der Waals surface area contributed by atoms with E-state index in [0.717, 1.165) is 28.9 Å². The minimum Gasteiger partial charge on any atom is -0.384 e. The molecule has 6 heteroatoms. The first-order chi connectivity index (χ1) is 16.3. The Labute approximate surface area is 206 Å². The Morgan fingerprint density at radius 2 is 1.88 bits per heavy atom. The average Bonchev–Trinajstić information content (AvgIpc) is 3.31. The molecule has 0 bridgehead atoms. The molecule has 1 amide bonds. The number of para-hydroxylation sites is 1. The molecule has 34 heavy (non-hydrogen) atoms. The molecule has 4 rings (SSSR count). The SMILES string of the molecule is CC.CNC(=O)c1cccc(C2C=CC(c3cc(C(C)(C)O)nn3-c3ccccc3Cl)=CC2)c1. The predicted molar refractivity (Wildman–Crippen MR) is 139 cm³/mol. The largest absolute Gasteiger partial charge is 0.384 e. The van der Waals surface area contributed by atoms with Crippen molar-refractivity contribution in [3.05, 3.63) is 100 Å². The molecule has 0 saturated heterocycles. The maximum absolute atomic E-state index is 12.0. The van der Waals surface area contributed by atoms with E-state index in [1.54, 1.807) is 25.6 Å². The number of hydrogen-bond donors (Lipinski definition) is 2. The van der Waals surface area contributed by atoms with Crippen molar-refractivity contribution >= 4 is 23.1 Å². The monoisotopic (exact) mass is 477 g/mol. The van der Waals surface area contributed by atoms with Crippen LogP contribution in [0.4, 0.5) is 0 Å². The Morgan fingerprint density at radius 3 is 2.50 bits per heavy atom. The Kier molecular flexibility index (Phi) is 8.13. The summed E-state index contributed by atoms with van der Waals surface area (Å²) in [6, 6.07) is 17.1. The number of carbonyl (C=O) groups excluding carboxylic acids is 1. The van der Waals surface area contributed by atoms with E-state index < -0.39 is 5.60 Å². The molecule has 1 heterocycles. The highest BCUT2D eigenvalue weighted by atomic mass is 35.5. The highest BCUT2D eigenvalue weighted by molar-refractivity contribution is 6.32. The third kappa shape index (κ3) is 5.49. The van der Waals surface area contributed by atoms with Gasteiger partial charge in [0.05, 0.1) is 22.1 Å². The van der Waals surface area contributed by atoms with E-state index in [4.69, 9.17) is 11.6 Å². The molecule has 2 N–H and O–H groups in total. The summed E-state index contributed by atoms with van der Waals surface area (Å²) in [7, 11) is 1.63. The van der Waals surface area contributed by atoms with Gasteiger partial charge < -0.3 is 10.4 Å². The van der Waals surface area contributed by atoms with Crippen LogP contribution in [0.3, 0.4) is 0 Å². The molecule has 1 aliphatic carbocycles. The van der Waals surface area contributed by atoms with Gasteiger partial charge in [0.2, 0.25) is 0 Å². The first-order valence-corrected chi connectivity index (χ1v) is 11.9. The van der Waals surface area contributed by atoms with Gasteiger partial charge in [-0.05, 0) is 61.7 Å². The number of rotatable bonds is 5. The van der Waals surface area contributed by atoms with Crippen molar-refractivity contribution in [3.8, 4) is 5.69 Å². The number of halogens is 1. The number of nitrogens with zero attached hydrogens (tertiary/aromatic N) is 2. The summed E-state index contributed by atoms with van der Waals surface area (Å²) in [4.78, 5) is 12.0. The van der Waals surface area contributed by atoms with Crippen LogP contribution in [0, 0.1) is 0 Å². The highest BCUT2D eigenvalue weighted by Crippen LogP contribution is 2.34. The summed E-state index contributed by atoms with van der Waals surface area (Å²) in [6.07, 6.45) is 7.16. The molecule has 1 aliphatic rings. The third-order valence-corrected chi connectivity index (χ3v) is 5.94. The number of nitrogens with one attached hydrogen (secondary N) is 1. The Bertz CT molecular complexity index is 1220. The van der Waals surface area contributed by atoms with Gasteiger partial charge in [0.25, 0.3) is 5.91 Å². The minimum absolute atomic E-state index is 0.0920. The predicted octanol–water partition coefficient (Wildman–Crippen LogP) is 6.27. The molecular weight excluding hydrogens is 446 g/mol. The summed E-state index contributed by atoms with van der Waals surface area (Å²) in [5.74, 6) is 0.0828. The fraction of sp³-hybridized carbons (Fsp3) is 0.286. The van der Waals surface area contributed by atoms with Crippen LogP contribution in [-0.4, -0.2) is 27.8 Å². The number of hydrogen-bond acceptors (Lipinski definition) is 3. The number of aromatic nitrogens is 2. The first kappa shape index (κ1) is 25.5. The summed E-state index contributed by atoms with van der Waals surface area (Å²) in [5, 5.41) is 18.5. The molecular formula is C28H32ClN3O2. The zero-order chi connectivity index (χ0) is 24.9. The molecule has 0 fully saturated rings. The second kappa shape index (κ2) is 10.9. The fourth-order valence-electron chi connectivity index (χ4n) is 3.81. The Morgan fingerprint density at radius 1 is 1.15 bits per heavy atom. The zero-order valence-electron chi connectivity index (χ0n) is 20.3. The summed E-state index contributed by atoms with van der Waals surface area (Å²) in [6.45, 7) is 7.44. The summed E-state index contributed by atoms with van der Waals surface area (Å²) in [5.41, 5.74) is 3.87. The van der Waals surface area contributed by atoms with Gasteiger partial charge in [0.15, 0.2) is 0 Å². The Hall–Kier alpha value is -3.15. The van der Waals surface area contributed by atoms with Crippen LogP contribution in [0.5, 0.6) is 0 Å². The molecule has 0 aliphatic heterocycles. The smallest absolute Gasteiger partial charge is 0.251 e. The van der Waals surface area contributed by atoms with Crippen LogP contribution < -0.4 is 5.32 Å². The molecule has 0 saturated carbocycles. The van der Waals surface area contributed by atoms with Crippen molar-refractivity contribution in [2.24, 2.45) is 0 Å². The standard InChI is InChI=1S/C26H26ClN3O2.C2H6/c1-26(2,32)24-16-23(30(29-24)22-10-5-4-9-21(22)27)18-13-11-17(12-14-18)19-7-6-8-20(15-19)25(31)28-3;1-2/h4-11,13-17,32H,12H2,1-3H3,(H,28,31);1-2H3. The second-order valence-corrected chi connectivity index (χ2v) is 8.81. The van der Waals surface area contributed by atoms with Gasteiger partial charge in [-0.25, -0.2) is 4.68 Å². The summed E-state index contributed by atoms with van der Waals surface area (Å²) < 4.78 is 1.79. The fourth-order valence-corrected chi connectivity index (χ4v) is 4.02. The van der Waals surface area contributed by atoms with Crippen molar-refractivity contribution in [1.82, 2.24) is 15.1 Å². The maximum atomic E-state index is 12.0. The van der Waals surface area contributed by atoms with Crippen molar-refractivity contribution in [3.63, 3.8) is 0 Å². The van der Waals surface area contributed by atoms with Crippen molar-refractivity contribution in [1.29, 1.82) is 0 Å². The lowest BCUT2D eigenvalue weighted by molar-refractivity contribution is 0.0734. The number of amides is 1. The van der Waals surface area contributed by atoms with Crippen LogP contribution in [-0.2, 0) is 5.60 Å². The second-order valence-electron chi connectivity index (χ2n) is 8.40. The van der Waals surface area contributed by atoms with E-state index in [2.05, 4.69) is 28.6 Å². The number of benzene rings is 2. The minimum atomic E-state index is -1.08. The molecule has 0 radical (unpaired) electrons. The molecule has 178 valence electrons. The Balaban J connectivity index is 0.00000158. The molecule has 0 spiro atoms. The lowest BCUT2D eigenvalue weighted by atomic mass is 9.88. The van der Waals surface area contributed by atoms with Crippen molar-refractivity contribution in [2.75, 3.05) is 7.05 Å². The molecule has 1 aromatic heterocycles. The molecule has 1 unspecified atom stereocenters. The van der Waals surface area contributed by atoms with E-state index in [0.29, 0.717) is 16.3 Å². The topological polar surface area (TPSA) is 67.2 Å². The van der Waals surface area contributed by atoms with Gasteiger partial charge >= 0.3 is 0 Å². The maximum Gasteiger partial charge on any atom is 0.251 e. The molecule has 1 atom stereocenters. The lowest BCUT2D eigenvalue weighted by Crippen LogP contribution is -2.18. The molecule has 5 nitrogen and oxygen atoms in total. The molecule has 3 aromatic rings. The first-order valence-electron chi connectivity index (χ1n) is 11.6. The van der Waals surface area contributed by atoms with Crippen LogP contribution in [0.25, 0.3) is 11.3 Å². The van der Waals surface area contributed by atoms with Gasteiger partial charge in [-0.3, -0.25) is 4.79 Å². The summed E-state index contributed by atoms with van der Waals surface area (Å²) >= 11 is 6.46. The highest BCUT2D eigenvalue weighted by Gasteiger charge is 2.25. The average molecular weight is 478 g/mol. The van der Waals surface area contributed by atoms with E-state index in [-0.39, 0.29) is 11.8 Å². The number of allylic oxidation sites excluding steroid dienone is 4. The van der Waals surface area contributed by atoms with Crippen LogP contribution in [0.1, 0.15) is 67.3 Å². The van der Waals surface area contributed by atoms with Gasteiger partial charge in [0.1, 0.15) is 5.60 Å². The van der Waals surface area contributed by atoms with E-state index in [1.165, 1.54) is 0 Å². The van der Waals surface area contributed by atoms with Crippen LogP contribution in [0.15, 0.2) is 72.8 Å². The molecule has 2 aromatic carbocycles. The van der Waals surface area contributed by atoms with Crippen molar-refractivity contribution < 1.29 is 9.90 Å². The quantitative estimate of drug-likeness (QED) is 0.455. The normalized spacial score (nSPS) is 15.3. The van der Waals surface area contributed by atoms with Gasteiger partial charge in [-0.15, -0.1) is 0 Å². The van der Waals surface area contributed by atoms with Gasteiger partial charge in [0, 0.05) is 18.5 Å². The van der Waals surface area contributed by atoms with E-state index >= 15 is 0 Å². The number of aliphatic hydroxyl groups is 1. The third-order valence-electron chi connectivity index (χ3n) is 5.62. The van der Waals surface area contributed by atoms with E-state index in [9.17, 15) is 9.90 Å². The zero-order valence-corrected chi connectivity index (χ0v) is 21.1. The van der Waals surface area contributed by atoms with Gasteiger partial charge in [-0.1, -0.05) is 67.9 Å². The van der Waals surface area contributed by atoms with E-state index in [1.807, 2.05) is 68.4 Å². The van der Waals surface area contributed by atoms with Crippen LogP contribution in [0.2, 0.25) is 5.02 Å². The number of carbonyl (C=O) groups is 1. The van der Waals surface area contributed by atoms with Gasteiger partial charge in [-0.2, -0.15) is 5.10 Å².